The van der Waals surface area contributed by atoms with E-state index in [1.165, 1.54) is 6.07 Å². The van der Waals surface area contributed by atoms with Crippen LogP contribution in [0, 0.1) is 24.6 Å². The molecule has 1 heteroatoms. The molecule has 70 valence electrons. The summed E-state index contributed by atoms with van der Waals surface area (Å²) in [4.78, 5) is 0. The molecule has 0 aliphatic rings. The number of aryl methyl sites for hydroxylation is 1. The van der Waals surface area contributed by atoms with Crippen LogP contribution < -0.4 is 0 Å². The SMILES string of the molecule is CC.CC#Cc1ccc(F)c(C)c1. The molecule has 1 rings (SSSR count). The van der Waals surface area contributed by atoms with Gasteiger partial charge < -0.3 is 0 Å². The van der Waals surface area contributed by atoms with E-state index in [1.807, 2.05) is 13.8 Å². The molecule has 0 spiro atoms. The lowest BCUT2D eigenvalue weighted by Crippen LogP contribution is -1.82. The maximum absolute atomic E-state index is 12.7. The Morgan fingerprint density at radius 3 is 2.31 bits per heavy atom. The van der Waals surface area contributed by atoms with Crippen molar-refractivity contribution in [3.63, 3.8) is 0 Å². The van der Waals surface area contributed by atoms with Crippen molar-refractivity contribution in [2.24, 2.45) is 0 Å². The van der Waals surface area contributed by atoms with Crippen LogP contribution in [0.4, 0.5) is 4.39 Å². The van der Waals surface area contributed by atoms with Gasteiger partial charge in [-0.15, -0.1) is 5.92 Å². The first-order valence-electron chi connectivity index (χ1n) is 4.43. The second-order valence-electron chi connectivity index (χ2n) is 2.34. The van der Waals surface area contributed by atoms with Crippen LogP contribution >= 0.6 is 0 Å². The van der Waals surface area contributed by atoms with Crippen molar-refractivity contribution < 1.29 is 4.39 Å². The molecule has 0 nitrogen and oxygen atoms in total. The molecular weight excluding hydrogens is 163 g/mol. The van der Waals surface area contributed by atoms with Crippen molar-refractivity contribution in [3.8, 4) is 11.8 Å². The first-order valence-corrected chi connectivity index (χ1v) is 4.43. The van der Waals surface area contributed by atoms with Gasteiger partial charge in [-0.3, -0.25) is 0 Å². The molecule has 0 radical (unpaired) electrons. The van der Waals surface area contributed by atoms with Gasteiger partial charge >= 0.3 is 0 Å². The fourth-order valence-electron chi connectivity index (χ4n) is 0.867. The van der Waals surface area contributed by atoms with Gasteiger partial charge in [-0.25, -0.2) is 4.39 Å². The highest BCUT2D eigenvalue weighted by Crippen LogP contribution is 2.07. The van der Waals surface area contributed by atoms with Crippen LogP contribution in [0.2, 0.25) is 0 Å². The minimum atomic E-state index is -0.174. The zero-order chi connectivity index (χ0) is 10.3. The Kier molecular flexibility index (Phi) is 5.63. The van der Waals surface area contributed by atoms with Gasteiger partial charge in [-0.1, -0.05) is 19.8 Å². The molecule has 0 heterocycles. The van der Waals surface area contributed by atoms with Crippen LogP contribution in [0.3, 0.4) is 0 Å². The van der Waals surface area contributed by atoms with Gasteiger partial charge in [-0.05, 0) is 37.6 Å². The van der Waals surface area contributed by atoms with Crippen molar-refractivity contribution in [3.05, 3.63) is 35.1 Å². The average molecular weight is 178 g/mol. The monoisotopic (exact) mass is 178 g/mol. The first-order chi connectivity index (χ1) is 6.24. The Morgan fingerprint density at radius 2 is 1.85 bits per heavy atom. The molecule has 0 bridgehead atoms. The van der Waals surface area contributed by atoms with E-state index < -0.39 is 0 Å². The summed E-state index contributed by atoms with van der Waals surface area (Å²) in [5, 5.41) is 0. The Hall–Kier alpha value is -1.29. The van der Waals surface area contributed by atoms with Gasteiger partial charge in [-0.2, -0.15) is 0 Å². The normalized spacial score (nSPS) is 7.77. The summed E-state index contributed by atoms with van der Waals surface area (Å²) in [7, 11) is 0. The van der Waals surface area contributed by atoms with E-state index in [-0.39, 0.29) is 5.82 Å². The molecule has 0 atom stereocenters. The fourth-order valence-corrected chi connectivity index (χ4v) is 0.867. The number of halogens is 1. The Balaban J connectivity index is 0.000000671. The quantitative estimate of drug-likeness (QED) is 0.533. The third-order valence-corrected chi connectivity index (χ3v) is 1.43. The molecule has 0 aliphatic heterocycles. The highest BCUT2D eigenvalue weighted by molar-refractivity contribution is 5.36. The Labute approximate surface area is 79.8 Å². The van der Waals surface area contributed by atoms with Crippen molar-refractivity contribution in [1.29, 1.82) is 0 Å². The smallest absolute Gasteiger partial charge is 0.126 e. The molecule has 0 N–H and O–H groups in total. The van der Waals surface area contributed by atoms with Gasteiger partial charge in [0.2, 0.25) is 0 Å². The average Bonchev–Trinajstić information content (AvgIpc) is 2.15. The van der Waals surface area contributed by atoms with E-state index in [4.69, 9.17) is 0 Å². The van der Waals surface area contributed by atoms with Gasteiger partial charge in [0.25, 0.3) is 0 Å². The van der Waals surface area contributed by atoms with Crippen molar-refractivity contribution in [2.75, 3.05) is 0 Å². The third kappa shape index (κ3) is 3.75. The molecule has 0 aromatic heterocycles. The lowest BCUT2D eigenvalue weighted by molar-refractivity contribution is 0.618. The van der Waals surface area contributed by atoms with E-state index in [1.54, 1.807) is 26.0 Å². The van der Waals surface area contributed by atoms with Gasteiger partial charge in [0.1, 0.15) is 5.82 Å². The predicted octanol–water partition coefficient (Wildman–Crippen LogP) is 3.53. The summed E-state index contributed by atoms with van der Waals surface area (Å²) < 4.78 is 12.7. The molecule has 13 heavy (non-hydrogen) atoms. The maximum atomic E-state index is 12.7. The van der Waals surface area contributed by atoms with E-state index >= 15 is 0 Å². The molecule has 0 aliphatic carbocycles. The van der Waals surface area contributed by atoms with E-state index in [0.29, 0.717) is 5.56 Å². The van der Waals surface area contributed by atoms with Crippen LogP contribution in [-0.2, 0) is 0 Å². The standard InChI is InChI=1S/C10H9F.C2H6/c1-3-4-9-5-6-10(11)8(2)7-9;1-2/h5-7H,1-2H3;1-2H3. The van der Waals surface area contributed by atoms with Crippen LogP contribution in [0.25, 0.3) is 0 Å². The van der Waals surface area contributed by atoms with E-state index in [2.05, 4.69) is 11.8 Å². The number of hydrogen-bond acceptors (Lipinski definition) is 0. The number of rotatable bonds is 0. The van der Waals surface area contributed by atoms with Gasteiger partial charge in [0, 0.05) is 5.56 Å². The largest absolute Gasteiger partial charge is 0.207 e. The van der Waals surface area contributed by atoms with Crippen molar-refractivity contribution in [2.45, 2.75) is 27.7 Å². The lowest BCUT2D eigenvalue weighted by atomic mass is 10.1. The highest BCUT2D eigenvalue weighted by atomic mass is 19.1. The van der Waals surface area contributed by atoms with Gasteiger partial charge in [0.15, 0.2) is 0 Å². The molecule has 0 amide bonds. The number of benzene rings is 1. The number of hydrogen-bond donors (Lipinski definition) is 0. The van der Waals surface area contributed by atoms with Crippen molar-refractivity contribution in [1.82, 2.24) is 0 Å². The summed E-state index contributed by atoms with van der Waals surface area (Å²) >= 11 is 0. The molecule has 1 aromatic rings. The summed E-state index contributed by atoms with van der Waals surface area (Å²) in [5.74, 6) is 5.44. The zero-order valence-corrected chi connectivity index (χ0v) is 8.61. The zero-order valence-electron chi connectivity index (χ0n) is 8.61. The topological polar surface area (TPSA) is 0 Å². The van der Waals surface area contributed by atoms with Crippen molar-refractivity contribution >= 4 is 0 Å². The molecule has 0 unspecified atom stereocenters. The van der Waals surface area contributed by atoms with Gasteiger partial charge in [0.05, 0.1) is 0 Å². The second kappa shape index (κ2) is 6.25. The molecule has 0 saturated carbocycles. The minimum absolute atomic E-state index is 0.174. The fraction of sp³-hybridized carbons (Fsp3) is 0.333. The third-order valence-electron chi connectivity index (χ3n) is 1.43. The van der Waals surface area contributed by atoms with Crippen LogP contribution in [0.1, 0.15) is 31.9 Å². The Morgan fingerprint density at radius 1 is 1.23 bits per heavy atom. The lowest BCUT2D eigenvalue weighted by Gasteiger charge is -1.94. The summed E-state index contributed by atoms with van der Waals surface area (Å²) in [6.07, 6.45) is 0. The van der Waals surface area contributed by atoms with Crippen LogP contribution in [0.5, 0.6) is 0 Å². The maximum Gasteiger partial charge on any atom is 0.126 e. The van der Waals surface area contributed by atoms with Crippen LogP contribution in [0.15, 0.2) is 18.2 Å². The molecular formula is C12H15F. The molecule has 0 saturated heterocycles. The summed E-state index contributed by atoms with van der Waals surface area (Å²) in [6.45, 7) is 7.49. The van der Waals surface area contributed by atoms with Crippen LogP contribution in [-0.4, -0.2) is 0 Å². The predicted molar refractivity (Wildman–Crippen MR) is 55.0 cm³/mol. The minimum Gasteiger partial charge on any atom is -0.207 e. The highest BCUT2D eigenvalue weighted by Gasteiger charge is 1.95. The first kappa shape index (κ1) is 11.7. The summed E-state index contributed by atoms with van der Waals surface area (Å²) in [5.41, 5.74) is 1.51. The summed E-state index contributed by atoms with van der Waals surface area (Å²) in [6, 6.07) is 4.86. The molecule has 1 aromatic carbocycles. The molecule has 0 fully saturated rings. The Bertz CT molecular complexity index is 316. The second-order valence-corrected chi connectivity index (χ2v) is 2.34. The van der Waals surface area contributed by atoms with E-state index in [0.717, 1.165) is 5.56 Å². The van der Waals surface area contributed by atoms with E-state index in [9.17, 15) is 4.39 Å².